The molecule has 1 saturated heterocycles. The number of nitrogens with one attached hydrogen (secondary N) is 1. The van der Waals surface area contributed by atoms with Crippen molar-refractivity contribution in [2.24, 2.45) is 0 Å². The van der Waals surface area contributed by atoms with Gasteiger partial charge >= 0.3 is 0 Å². The molecular weight excluding hydrogens is 262 g/mol. The summed E-state index contributed by atoms with van der Waals surface area (Å²) in [5, 5.41) is 5.66. The van der Waals surface area contributed by atoms with E-state index in [9.17, 15) is 0 Å². The highest BCUT2D eigenvalue weighted by molar-refractivity contribution is 5.92. The Morgan fingerprint density at radius 3 is 2.95 bits per heavy atom. The Morgan fingerprint density at radius 2 is 2.14 bits per heavy atom. The van der Waals surface area contributed by atoms with Gasteiger partial charge < -0.3 is 15.0 Å². The molecule has 2 unspecified atom stereocenters. The van der Waals surface area contributed by atoms with Gasteiger partial charge in [-0.25, -0.2) is 4.98 Å². The zero-order valence-electron chi connectivity index (χ0n) is 13.0. The molecule has 0 radical (unpaired) electrons. The van der Waals surface area contributed by atoms with Crippen molar-refractivity contribution in [1.29, 1.82) is 0 Å². The lowest BCUT2D eigenvalue weighted by Gasteiger charge is -2.38. The Kier molecular flexibility index (Phi) is 4.08. The molecule has 4 heteroatoms. The van der Waals surface area contributed by atoms with Gasteiger partial charge in [-0.15, -0.1) is 0 Å². The Labute approximate surface area is 126 Å². The van der Waals surface area contributed by atoms with E-state index in [1.165, 1.54) is 10.8 Å². The van der Waals surface area contributed by atoms with Crippen molar-refractivity contribution in [1.82, 2.24) is 10.3 Å². The molecule has 0 aliphatic carbocycles. The van der Waals surface area contributed by atoms with Crippen molar-refractivity contribution in [2.45, 2.75) is 32.5 Å². The number of hydrogen-bond acceptors (Lipinski definition) is 4. The van der Waals surface area contributed by atoms with Crippen molar-refractivity contribution >= 4 is 16.6 Å². The van der Waals surface area contributed by atoms with Crippen molar-refractivity contribution in [3.63, 3.8) is 0 Å². The molecule has 21 heavy (non-hydrogen) atoms. The number of hydrogen-bond donors (Lipinski definition) is 1. The molecule has 0 saturated carbocycles. The van der Waals surface area contributed by atoms with Crippen LogP contribution in [0.15, 0.2) is 30.3 Å². The maximum Gasteiger partial charge on any atom is 0.137 e. The molecule has 0 bridgehead atoms. The average Bonchev–Trinajstić information content (AvgIpc) is 2.49. The van der Waals surface area contributed by atoms with Crippen LogP contribution in [-0.2, 0) is 11.3 Å². The number of pyridine rings is 1. The van der Waals surface area contributed by atoms with Gasteiger partial charge in [0.25, 0.3) is 0 Å². The normalized spacial score (nSPS) is 22.7. The van der Waals surface area contributed by atoms with Gasteiger partial charge in [0, 0.05) is 18.5 Å². The smallest absolute Gasteiger partial charge is 0.137 e. The molecule has 1 aromatic carbocycles. The van der Waals surface area contributed by atoms with Crippen molar-refractivity contribution < 1.29 is 4.74 Å². The van der Waals surface area contributed by atoms with E-state index in [0.717, 1.165) is 31.2 Å². The number of nitrogens with zero attached hydrogens (tertiary/aromatic N) is 2. The van der Waals surface area contributed by atoms with Gasteiger partial charge in [0.15, 0.2) is 0 Å². The Balaban J connectivity index is 2.10. The fourth-order valence-corrected chi connectivity index (χ4v) is 2.92. The second-order valence-corrected chi connectivity index (χ2v) is 5.83. The van der Waals surface area contributed by atoms with E-state index in [4.69, 9.17) is 9.72 Å². The minimum atomic E-state index is 0.245. The van der Waals surface area contributed by atoms with Gasteiger partial charge in [0.1, 0.15) is 5.82 Å². The first-order chi connectivity index (χ1) is 10.2. The largest absolute Gasteiger partial charge is 0.375 e. The molecule has 4 nitrogen and oxygen atoms in total. The summed E-state index contributed by atoms with van der Waals surface area (Å²) in [6.45, 7) is 6.76. The number of ether oxygens (including phenoxy) is 1. The van der Waals surface area contributed by atoms with Crippen LogP contribution in [0.3, 0.4) is 0 Å². The second-order valence-electron chi connectivity index (χ2n) is 5.83. The average molecular weight is 285 g/mol. The molecule has 1 aromatic heterocycles. The lowest BCUT2D eigenvalue weighted by atomic mass is 10.1. The van der Waals surface area contributed by atoms with E-state index >= 15 is 0 Å². The molecule has 3 rings (SSSR count). The minimum absolute atomic E-state index is 0.245. The van der Waals surface area contributed by atoms with Crippen LogP contribution >= 0.6 is 0 Å². The van der Waals surface area contributed by atoms with Crippen LogP contribution in [-0.4, -0.2) is 37.3 Å². The molecule has 112 valence electrons. The van der Waals surface area contributed by atoms with Crippen LogP contribution in [0.25, 0.3) is 10.8 Å². The third-order valence-corrected chi connectivity index (χ3v) is 4.01. The van der Waals surface area contributed by atoms with Crippen LogP contribution < -0.4 is 10.2 Å². The zero-order valence-corrected chi connectivity index (χ0v) is 13.0. The molecule has 1 N–H and O–H groups in total. The quantitative estimate of drug-likeness (QED) is 0.940. The summed E-state index contributed by atoms with van der Waals surface area (Å²) in [6, 6.07) is 11.0. The summed E-state index contributed by atoms with van der Waals surface area (Å²) in [7, 11) is 1.95. The Morgan fingerprint density at radius 1 is 1.33 bits per heavy atom. The summed E-state index contributed by atoms with van der Waals surface area (Å²) in [5.74, 6) is 1.08. The third kappa shape index (κ3) is 2.87. The number of fused-ring (bicyclic) bond motifs is 1. The summed E-state index contributed by atoms with van der Waals surface area (Å²) in [4.78, 5) is 7.29. The molecule has 0 amide bonds. The topological polar surface area (TPSA) is 37.4 Å². The van der Waals surface area contributed by atoms with Crippen molar-refractivity contribution in [3.05, 3.63) is 36.0 Å². The third-order valence-electron chi connectivity index (χ3n) is 4.01. The maximum absolute atomic E-state index is 5.75. The molecular formula is C17H23N3O. The predicted octanol–water partition coefficient (Wildman–Crippen LogP) is 2.57. The zero-order chi connectivity index (χ0) is 14.8. The standard InChI is InChI=1S/C17H23N3O/c1-12-11-21-13(2)10-20(12)17-16-7-5-4-6-14(16)8-15(19-17)9-18-3/h4-8,12-13,18H,9-11H2,1-3H3. The van der Waals surface area contributed by atoms with E-state index in [0.29, 0.717) is 6.04 Å². The lowest BCUT2D eigenvalue weighted by molar-refractivity contribution is 0.0341. The minimum Gasteiger partial charge on any atom is -0.375 e. The van der Waals surface area contributed by atoms with E-state index in [1.807, 2.05) is 7.05 Å². The van der Waals surface area contributed by atoms with Gasteiger partial charge in [-0.05, 0) is 32.3 Å². The van der Waals surface area contributed by atoms with Gasteiger partial charge in [0.05, 0.1) is 24.4 Å². The number of benzene rings is 1. The summed E-state index contributed by atoms with van der Waals surface area (Å²) in [5.41, 5.74) is 1.08. The highest BCUT2D eigenvalue weighted by atomic mass is 16.5. The highest BCUT2D eigenvalue weighted by Crippen LogP contribution is 2.29. The van der Waals surface area contributed by atoms with Crippen LogP contribution in [0.1, 0.15) is 19.5 Å². The van der Waals surface area contributed by atoms with Gasteiger partial charge in [0.2, 0.25) is 0 Å². The van der Waals surface area contributed by atoms with Crippen LogP contribution in [0, 0.1) is 0 Å². The predicted molar refractivity (Wildman–Crippen MR) is 86.7 cm³/mol. The molecule has 1 aliphatic heterocycles. The molecule has 1 aliphatic rings. The van der Waals surface area contributed by atoms with Gasteiger partial charge in [-0.2, -0.15) is 0 Å². The first-order valence-electron chi connectivity index (χ1n) is 7.60. The fourth-order valence-electron chi connectivity index (χ4n) is 2.92. The van der Waals surface area contributed by atoms with Crippen molar-refractivity contribution in [2.75, 3.05) is 25.1 Å². The van der Waals surface area contributed by atoms with E-state index in [1.54, 1.807) is 0 Å². The van der Waals surface area contributed by atoms with Crippen molar-refractivity contribution in [3.8, 4) is 0 Å². The Hall–Kier alpha value is -1.65. The van der Waals surface area contributed by atoms with Crippen LogP contribution in [0.4, 0.5) is 5.82 Å². The highest BCUT2D eigenvalue weighted by Gasteiger charge is 2.26. The first-order valence-corrected chi connectivity index (χ1v) is 7.60. The molecule has 0 spiro atoms. The van der Waals surface area contributed by atoms with E-state index in [2.05, 4.69) is 54.4 Å². The lowest BCUT2D eigenvalue weighted by Crippen LogP contribution is -2.48. The number of anilines is 1. The van der Waals surface area contributed by atoms with Crippen LogP contribution in [0.5, 0.6) is 0 Å². The maximum atomic E-state index is 5.75. The number of aromatic nitrogens is 1. The SMILES string of the molecule is CNCc1cc2ccccc2c(N2CC(C)OCC2C)n1. The molecule has 2 heterocycles. The Bertz CT molecular complexity index is 628. The molecule has 2 aromatic rings. The molecule has 1 fully saturated rings. The van der Waals surface area contributed by atoms with Gasteiger partial charge in [-0.3, -0.25) is 0 Å². The summed E-state index contributed by atoms with van der Waals surface area (Å²) < 4.78 is 5.75. The summed E-state index contributed by atoms with van der Waals surface area (Å²) in [6.07, 6.45) is 0.245. The van der Waals surface area contributed by atoms with E-state index in [-0.39, 0.29) is 6.10 Å². The molecule has 2 atom stereocenters. The first kappa shape index (κ1) is 14.3. The second kappa shape index (κ2) is 6.00. The number of rotatable bonds is 3. The van der Waals surface area contributed by atoms with Gasteiger partial charge in [-0.1, -0.05) is 24.3 Å². The van der Waals surface area contributed by atoms with Crippen LogP contribution in [0.2, 0.25) is 0 Å². The fraction of sp³-hybridized carbons (Fsp3) is 0.471. The monoisotopic (exact) mass is 285 g/mol. The van der Waals surface area contributed by atoms with E-state index < -0.39 is 0 Å². The number of morpholine rings is 1. The summed E-state index contributed by atoms with van der Waals surface area (Å²) >= 11 is 0.